The minimum atomic E-state index is -1.01. The molecule has 0 aliphatic heterocycles. The Morgan fingerprint density at radius 2 is 1.80 bits per heavy atom. The van der Waals surface area contributed by atoms with E-state index in [9.17, 15) is 14.7 Å². The molecule has 0 aromatic heterocycles. The first-order chi connectivity index (χ1) is 12.0. The van der Waals surface area contributed by atoms with Crippen molar-refractivity contribution in [3.8, 4) is 0 Å². The van der Waals surface area contributed by atoms with E-state index in [1.54, 1.807) is 18.2 Å². The second-order valence-electron chi connectivity index (χ2n) is 6.40. The molecule has 1 aliphatic carbocycles. The van der Waals surface area contributed by atoms with Crippen LogP contribution in [0.15, 0.2) is 48.5 Å². The fourth-order valence-electron chi connectivity index (χ4n) is 3.13. The molecule has 1 aliphatic rings. The van der Waals surface area contributed by atoms with Crippen molar-refractivity contribution < 1.29 is 14.7 Å². The highest BCUT2D eigenvalue weighted by molar-refractivity contribution is 6.30. The first-order valence-corrected chi connectivity index (χ1v) is 8.73. The first-order valence-electron chi connectivity index (χ1n) is 8.35. The predicted molar refractivity (Wildman–Crippen MR) is 96.8 cm³/mol. The van der Waals surface area contributed by atoms with Crippen LogP contribution in [-0.2, 0) is 11.2 Å². The van der Waals surface area contributed by atoms with Crippen LogP contribution in [0, 0.1) is 0 Å². The number of halogens is 1. The topological polar surface area (TPSA) is 57.6 Å². The lowest BCUT2D eigenvalue weighted by Gasteiger charge is -2.30. The number of carbonyl (C=O) groups is 2. The molecule has 0 saturated heterocycles. The molecule has 130 valence electrons. The molecular weight excluding hydrogens is 338 g/mol. The Morgan fingerprint density at radius 3 is 2.40 bits per heavy atom. The third-order valence-corrected chi connectivity index (χ3v) is 4.84. The quantitative estimate of drug-likeness (QED) is 0.837. The third kappa shape index (κ3) is 4.02. The molecular formula is C20H20ClNO3. The molecule has 5 heteroatoms. The van der Waals surface area contributed by atoms with Crippen LogP contribution in [-0.4, -0.2) is 27.9 Å². The molecule has 1 unspecified atom stereocenters. The largest absolute Gasteiger partial charge is 0.478 e. The van der Waals surface area contributed by atoms with Crippen molar-refractivity contribution in [3.63, 3.8) is 0 Å². The average Bonchev–Trinajstić information content (AvgIpc) is 3.40. The SMILES string of the molecule is CC(c1ccc(Cl)cc1)N(C(=O)Cc1ccccc1C(=O)O)C1CC1. The van der Waals surface area contributed by atoms with Gasteiger partial charge in [-0.2, -0.15) is 0 Å². The van der Waals surface area contributed by atoms with Crippen LogP contribution in [0.3, 0.4) is 0 Å². The Morgan fingerprint density at radius 1 is 1.16 bits per heavy atom. The predicted octanol–water partition coefficient (Wildman–Crippen LogP) is 4.33. The van der Waals surface area contributed by atoms with Crippen molar-refractivity contribution in [2.45, 2.75) is 38.3 Å². The van der Waals surface area contributed by atoms with Crippen LogP contribution in [0.1, 0.15) is 47.3 Å². The Bertz CT molecular complexity index is 784. The molecule has 25 heavy (non-hydrogen) atoms. The highest BCUT2D eigenvalue weighted by atomic mass is 35.5. The standard InChI is InChI=1S/C20H20ClNO3/c1-13(14-6-8-16(21)9-7-14)22(17-10-11-17)19(23)12-15-4-2-3-5-18(15)20(24)25/h2-9,13,17H,10-12H2,1H3,(H,24,25). The molecule has 1 saturated carbocycles. The number of rotatable bonds is 6. The fraction of sp³-hybridized carbons (Fsp3) is 0.300. The van der Waals surface area contributed by atoms with Gasteiger partial charge in [-0.05, 0) is 49.1 Å². The van der Waals surface area contributed by atoms with Gasteiger partial charge in [-0.1, -0.05) is 41.9 Å². The maximum absolute atomic E-state index is 13.0. The van der Waals surface area contributed by atoms with Crippen LogP contribution in [0.4, 0.5) is 0 Å². The zero-order valence-corrected chi connectivity index (χ0v) is 14.7. The average molecular weight is 358 g/mol. The zero-order chi connectivity index (χ0) is 18.0. The monoisotopic (exact) mass is 357 g/mol. The molecule has 0 bridgehead atoms. The summed E-state index contributed by atoms with van der Waals surface area (Å²) in [6, 6.07) is 14.3. The van der Waals surface area contributed by atoms with Crippen molar-refractivity contribution in [2.24, 2.45) is 0 Å². The van der Waals surface area contributed by atoms with Gasteiger partial charge < -0.3 is 10.0 Å². The van der Waals surface area contributed by atoms with Gasteiger partial charge in [0, 0.05) is 11.1 Å². The Hall–Kier alpha value is -2.33. The van der Waals surface area contributed by atoms with Crippen LogP contribution in [0.5, 0.6) is 0 Å². The summed E-state index contributed by atoms with van der Waals surface area (Å²) in [5.41, 5.74) is 1.76. The Labute approximate surface area is 152 Å². The number of carbonyl (C=O) groups excluding carboxylic acids is 1. The maximum atomic E-state index is 13.0. The van der Waals surface area contributed by atoms with Crippen molar-refractivity contribution in [1.29, 1.82) is 0 Å². The summed E-state index contributed by atoms with van der Waals surface area (Å²) in [4.78, 5) is 26.2. The summed E-state index contributed by atoms with van der Waals surface area (Å²) in [5, 5.41) is 9.98. The molecule has 3 rings (SSSR count). The lowest BCUT2D eigenvalue weighted by molar-refractivity contribution is -0.133. The third-order valence-electron chi connectivity index (χ3n) is 4.59. The van der Waals surface area contributed by atoms with Gasteiger partial charge in [-0.3, -0.25) is 4.79 Å². The van der Waals surface area contributed by atoms with Gasteiger partial charge in [-0.15, -0.1) is 0 Å². The molecule has 1 fully saturated rings. The molecule has 2 aromatic rings. The van der Waals surface area contributed by atoms with E-state index in [1.807, 2.05) is 36.1 Å². The van der Waals surface area contributed by atoms with Gasteiger partial charge in [0.25, 0.3) is 0 Å². The van der Waals surface area contributed by atoms with E-state index in [1.165, 1.54) is 6.07 Å². The van der Waals surface area contributed by atoms with E-state index in [0.717, 1.165) is 18.4 Å². The van der Waals surface area contributed by atoms with Gasteiger partial charge in [0.05, 0.1) is 18.0 Å². The number of amides is 1. The lowest BCUT2D eigenvalue weighted by Crippen LogP contribution is -2.36. The number of aromatic carboxylic acids is 1. The first kappa shape index (κ1) is 17.5. The van der Waals surface area contributed by atoms with Crippen molar-refractivity contribution in [2.75, 3.05) is 0 Å². The maximum Gasteiger partial charge on any atom is 0.335 e. The smallest absolute Gasteiger partial charge is 0.335 e. The number of carboxylic acid groups (broad SMARTS) is 1. The highest BCUT2D eigenvalue weighted by Gasteiger charge is 2.36. The van der Waals surface area contributed by atoms with E-state index < -0.39 is 5.97 Å². The molecule has 1 N–H and O–H groups in total. The summed E-state index contributed by atoms with van der Waals surface area (Å²) in [6.07, 6.45) is 2.07. The normalized spacial score (nSPS) is 14.8. The van der Waals surface area contributed by atoms with Gasteiger partial charge in [0.1, 0.15) is 0 Å². The molecule has 0 radical (unpaired) electrons. The molecule has 0 spiro atoms. The zero-order valence-electron chi connectivity index (χ0n) is 14.0. The van der Waals surface area contributed by atoms with Crippen LogP contribution in [0.2, 0.25) is 5.02 Å². The minimum absolute atomic E-state index is 0.0429. The Balaban J connectivity index is 1.82. The Kier molecular flexibility index (Phi) is 5.09. The summed E-state index contributed by atoms with van der Waals surface area (Å²) < 4.78 is 0. The number of hydrogen-bond acceptors (Lipinski definition) is 2. The number of hydrogen-bond donors (Lipinski definition) is 1. The fourth-order valence-corrected chi connectivity index (χ4v) is 3.25. The minimum Gasteiger partial charge on any atom is -0.478 e. The lowest BCUT2D eigenvalue weighted by atomic mass is 10.0. The van der Waals surface area contributed by atoms with Gasteiger partial charge in [0.2, 0.25) is 5.91 Å². The summed E-state index contributed by atoms with van der Waals surface area (Å²) >= 11 is 5.95. The molecule has 1 amide bonds. The second-order valence-corrected chi connectivity index (χ2v) is 6.84. The highest BCUT2D eigenvalue weighted by Crippen LogP contribution is 2.35. The van der Waals surface area contributed by atoms with E-state index in [-0.39, 0.29) is 30.0 Å². The summed E-state index contributed by atoms with van der Waals surface area (Å²) in [6.45, 7) is 2.00. The molecule has 4 nitrogen and oxygen atoms in total. The summed E-state index contributed by atoms with van der Waals surface area (Å²) in [5.74, 6) is -1.05. The van der Waals surface area contributed by atoms with E-state index in [2.05, 4.69) is 0 Å². The summed E-state index contributed by atoms with van der Waals surface area (Å²) in [7, 11) is 0. The van der Waals surface area contributed by atoms with E-state index in [0.29, 0.717) is 10.6 Å². The van der Waals surface area contributed by atoms with Crippen LogP contribution < -0.4 is 0 Å². The molecule has 0 heterocycles. The van der Waals surface area contributed by atoms with Gasteiger partial charge in [-0.25, -0.2) is 4.79 Å². The van der Waals surface area contributed by atoms with E-state index in [4.69, 9.17) is 11.6 Å². The molecule has 1 atom stereocenters. The molecule has 2 aromatic carbocycles. The van der Waals surface area contributed by atoms with E-state index >= 15 is 0 Å². The van der Waals surface area contributed by atoms with Gasteiger partial charge >= 0.3 is 5.97 Å². The number of nitrogens with zero attached hydrogens (tertiary/aromatic N) is 1. The van der Waals surface area contributed by atoms with Crippen molar-refractivity contribution in [3.05, 3.63) is 70.2 Å². The van der Waals surface area contributed by atoms with Crippen molar-refractivity contribution >= 4 is 23.5 Å². The van der Waals surface area contributed by atoms with Crippen molar-refractivity contribution in [1.82, 2.24) is 4.90 Å². The van der Waals surface area contributed by atoms with Crippen LogP contribution >= 0.6 is 11.6 Å². The number of carboxylic acids is 1. The number of benzene rings is 2. The van der Waals surface area contributed by atoms with Crippen LogP contribution in [0.25, 0.3) is 0 Å². The van der Waals surface area contributed by atoms with Gasteiger partial charge in [0.15, 0.2) is 0 Å². The second kappa shape index (κ2) is 7.28.